The van der Waals surface area contributed by atoms with Crippen LogP contribution in [0.4, 0.5) is 0 Å². The van der Waals surface area contributed by atoms with Gasteiger partial charge >= 0.3 is 0 Å². The van der Waals surface area contributed by atoms with E-state index in [2.05, 4.69) is 5.16 Å². The molecule has 1 aromatic rings. The Balaban J connectivity index is 2.10. The second kappa shape index (κ2) is 6.27. The van der Waals surface area contributed by atoms with E-state index in [1.165, 1.54) is 0 Å². The van der Waals surface area contributed by atoms with Gasteiger partial charge in [-0.1, -0.05) is 17.3 Å². The summed E-state index contributed by atoms with van der Waals surface area (Å²) in [7, 11) is 0. The van der Waals surface area contributed by atoms with E-state index in [1.54, 1.807) is 29.2 Å². The van der Waals surface area contributed by atoms with Gasteiger partial charge in [0, 0.05) is 6.54 Å². The summed E-state index contributed by atoms with van der Waals surface area (Å²) in [6.07, 6.45) is 2.78. The van der Waals surface area contributed by atoms with Gasteiger partial charge in [-0.2, -0.15) is 0 Å². The Morgan fingerprint density at radius 1 is 1.45 bits per heavy atom. The van der Waals surface area contributed by atoms with Crippen LogP contribution in [0, 0.1) is 0 Å². The molecule has 6 heteroatoms. The zero-order chi connectivity index (χ0) is 14.5. The molecule has 2 rings (SSSR count). The van der Waals surface area contributed by atoms with Crippen LogP contribution in [-0.4, -0.2) is 39.5 Å². The van der Waals surface area contributed by atoms with Crippen LogP contribution in [0.15, 0.2) is 29.4 Å². The van der Waals surface area contributed by atoms with E-state index >= 15 is 0 Å². The summed E-state index contributed by atoms with van der Waals surface area (Å²) >= 11 is 0. The maximum Gasteiger partial charge on any atom is 0.227 e. The second-order valence-corrected chi connectivity index (χ2v) is 4.97. The van der Waals surface area contributed by atoms with E-state index in [4.69, 9.17) is 10.9 Å². The van der Waals surface area contributed by atoms with Gasteiger partial charge < -0.3 is 20.9 Å². The summed E-state index contributed by atoms with van der Waals surface area (Å²) in [6.45, 7) is 0.610. The molecule has 0 saturated carbocycles. The van der Waals surface area contributed by atoms with Gasteiger partial charge in [-0.25, -0.2) is 0 Å². The van der Waals surface area contributed by atoms with Crippen molar-refractivity contribution in [1.29, 1.82) is 0 Å². The third-order valence-corrected chi connectivity index (χ3v) is 3.55. The van der Waals surface area contributed by atoms with Crippen LogP contribution in [0.1, 0.15) is 24.8 Å². The SMILES string of the molecule is NC(=NO)C1CCCCN1C(=O)Cc1cccc(O)c1. The monoisotopic (exact) mass is 277 g/mol. The third kappa shape index (κ3) is 3.20. The molecule has 1 aliphatic rings. The Morgan fingerprint density at radius 3 is 2.95 bits per heavy atom. The van der Waals surface area contributed by atoms with Gasteiger partial charge in [0.1, 0.15) is 5.75 Å². The zero-order valence-electron chi connectivity index (χ0n) is 11.2. The molecule has 1 amide bonds. The number of carbonyl (C=O) groups excluding carboxylic acids is 1. The van der Waals surface area contributed by atoms with Crippen LogP contribution in [0.3, 0.4) is 0 Å². The lowest BCUT2D eigenvalue weighted by molar-refractivity contribution is -0.132. The van der Waals surface area contributed by atoms with Crippen LogP contribution < -0.4 is 5.73 Å². The molecule has 1 aromatic carbocycles. The molecular weight excluding hydrogens is 258 g/mol. The molecule has 108 valence electrons. The number of oxime groups is 1. The van der Waals surface area contributed by atoms with Crippen molar-refractivity contribution >= 4 is 11.7 Å². The molecule has 20 heavy (non-hydrogen) atoms. The first-order valence-electron chi connectivity index (χ1n) is 6.66. The lowest BCUT2D eigenvalue weighted by Crippen LogP contribution is -2.51. The Hall–Kier alpha value is -2.24. The predicted molar refractivity (Wildman–Crippen MR) is 74.6 cm³/mol. The first-order valence-corrected chi connectivity index (χ1v) is 6.66. The normalized spacial score (nSPS) is 19.9. The number of nitrogens with zero attached hydrogens (tertiary/aromatic N) is 2. The molecule has 4 N–H and O–H groups in total. The number of phenols is 1. The lowest BCUT2D eigenvalue weighted by atomic mass is 10.00. The molecule has 1 unspecified atom stereocenters. The Bertz CT molecular complexity index is 516. The second-order valence-electron chi connectivity index (χ2n) is 4.97. The fourth-order valence-electron chi connectivity index (χ4n) is 2.55. The molecule has 0 radical (unpaired) electrons. The van der Waals surface area contributed by atoms with Gasteiger partial charge in [-0.3, -0.25) is 4.79 Å². The van der Waals surface area contributed by atoms with Crippen LogP contribution >= 0.6 is 0 Å². The minimum absolute atomic E-state index is 0.0769. The molecule has 0 spiro atoms. The number of nitrogens with two attached hydrogens (primary N) is 1. The average molecular weight is 277 g/mol. The van der Waals surface area contributed by atoms with Crippen molar-refractivity contribution in [2.45, 2.75) is 31.7 Å². The van der Waals surface area contributed by atoms with E-state index in [1.807, 2.05) is 0 Å². The van der Waals surface area contributed by atoms with E-state index in [9.17, 15) is 9.90 Å². The highest BCUT2D eigenvalue weighted by molar-refractivity contribution is 5.90. The summed E-state index contributed by atoms with van der Waals surface area (Å²) in [5.74, 6) is 0.141. The van der Waals surface area contributed by atoms with Gasteiger partial charge in [0.15, 0.2) is 5.84 Å². The molecule has 6 nitrogen and oxygen atoms in total. The number of carbonyl (C=O) groups is 1. The van der Waals surface area contributed by atoms with E-state index in [0.717, 1.165) is 18.4 Å². The fraction of sp³-hybridized carbons (Fsp3) is 0.429. The maximum absolute atomic E-state index is 12.4. The highest BCUT2D eigenvalue weighted by atomic mass is 16.4. The van der Waals surface area contributed by atoms with E-state index < -0.39 is 0 Å². The molecule has 0 aromatic heterocycles. The standard InChI is InChI=1S/C14H19N3O3/c15-14(16-20)12-6-1-2-7-17(12)13(19)9-10-4-3-5-11(18)8-10/h3-5,8,12,18,20H,1-2,6-7,9H2,(H2,15,16). The number of benzene rings is 1. The van der Waals surface area contributed by atoms with Gasteiger partial charge in [0.05, 0.1) is 12.5 Å². The lowest BCUT2D eigenvalue weighted by Gasteiger charge is -2.34. The average Bonchev–Trinajstić information content (AvgIpc) is 2.46. The van der Waals surface area contributed by atoms with Crippen molar-refractivity contribution < 1.29 is 15.1 Å². The molecule has 1 aliphatic heterocycles. The first kappa shape index (κ1) is 14.2. The van der Waals surface area contributed by atoms with Gasteiger partial charge in [0.2, 0.25) is 5.91 Å². The van der Waals surface area contributed by atoms with Crippen molar-refractivity contribution in [3.8, 4) is 5.75 Å². The minimum Gasteiger partial charge on any atom is -0.508 e. The Kier molecular flexibility index (Phi) is 4.45. The van der Waals surface area contributed by atoms with Crippen molar-refractivity contribution in [3.05, 3.63) is 29.8 Å². The topological polar surface area (TPSA) is 99.2 Å². The van der Waals surface area contributed by atoms with Gasteiger partial charge in [-0.05, 0) is 37.0 Å². The number of amidine groups is 1. The minimum atomic E-state index is -0.335. The summed E-state index contributed by atoms with van der Waals surface area (Å²) < 4.78 is 0. The maximum atomic E-state index is 12.4. The Labute approximate surface area is 117 Å². The molecular formula is C14H19N3O3. The number of amides is 1. The highest BCUT2D eigenvalue weighted by Crippen LogP contribution is 2.19. The smallest absolute Gasteiger partial charge is 0.227 e. The molecule has 1 heterocycles. The van der Waals surface area contributed by atoms with Crippen LogP contribution in [-0.2, 0) is 11.2 Å². The predicted octanol–water partition coefficient (Wildman–Crippen LogP) is 1.06. The molecule has 1 atom stereocenters. The number of likely N-dealkylation sites (tertiary alicyclic amines) is 1. The molecule has 1 saturated heterocycles. The van der Waals surface area contributed by atoms with Crippen molar-refractivity contribution in [3.63, 3.8) is 0 Å². The molecule has 0 aliphatic carbocycles. The first-order chi connectivity index (χ1) is 9.61. The largest absolute Gasteiger partial charge is 0.508 e. The van der Waals surface area contributed by atoms with E-state index in [-0.39, 0.29) is 30.0 Å². The van der Waals surface area contributed by atoms with Crippen molar-refractivity contribution in [1.82, 2.24) is 4.90 Å². The highest BCUT2D eigenvalue weighted by Gasteiger charge is 2.29. The number of phenolic OH excluding ortho intramolecular Hbond substituents is 1. The summed E-state index contributed by atoms with van der Waals surface area (Å²) in [5, 5.41) is 21.2. The van der Waals surface area contributed by atoms with E-state index in [0.29, 0.717) is 13.0 Å². The number of aromatic hydroxyl groups is 1. The summed E-state index contributed by atoms with van der Waals surface area (Å²) in [4.78, 5) is 14.0. The molecule has 0 bridgehead atoms. The third-order valence-electron chi connectivity index (χ3n) is 3.55. The quantitative estimate of drug-likeness (QED) is 0.333. The summed E-state index contributed by atoms with van der Waals surface area (Å²) in [6, 6.07) is 6.29. The number of hydrogen-bond acceptors (Lipinski definition) is 4. The number of piperidine rings is 1. The Morgan fingerprint density at radius 2 is 2.25 bits per heavy atom. The van der Waals surface area contributed by atoms with Crippen LogP contribution in [0.25, 0.3) is 0 Å². The van der Waals surface area contributed by atoms with Gasteiger partial charge in [-0.15, -0.1) is 0 Å². The van der Waals surface area contributed by atoms with Crippen molar-refractivity contribution in [2.24, 2.45) is 10.9 Å². The van der Waals surface area contributed by atoms with Crippen LogP contribution in [0.2, 0.25) is 0 Å². The molecule has 1 fully saturated rings. The van der Waals surface area contributed by atoms with Crippen LogP contribution in [0.5, 0.6) is 5.75 Å². The number of hydrogen-bond donors (Lipinski definition) is 3. The number of rotatable bonds is 3. The zero-order valence-corrected chi connectivity index (χ0v) is 11.2. The fourth-order valence-corrected chi connectivity index (χ4v) is 2.55. The van der Waals surface area contributed by atoms with Crippen molar-refractivity contribution in [2.75, 3.05) is 6.54 Å². The van der Waals surface area contributed by atoms with Gasteiger partial charge in [0.25, 0.3) is 0 Å². The summed E-state index contributed by atoms with van der Waals surface area (Å²) in [5.41, 5.74) is 6.41.